The van der Waals surface area contributed by atoms with E-state index in [1.165, 1.54) is 11.6 Å². The second kappa shape index (κ2) is 9.03. The number of anilines is 2. The molecule has 8 nitrogen and oxygen atoms in total. The second-order valence-electron chi connectivity index (χ2n) is 10.9. The van der Waals surface area contributed by atoms with E-state index in [1.807, 2.05) is 41.3 Å². The predicted molar refractivity (Wildman–Crippen MR) is 144 cm³/mol. The van der Waals surface area contributed by atoms with Crippen LogP contribution >= 0.6 is 0 Å². The van der Waals surface area contributed by atoms with E-state index in [0.717, 1.165) is 73.0 Å². The minimum atomic E-state index is -0.580. The molecule has 3 aliphatic rings. The van der Waals surface area contributed by atoms with Crippen molar-refractivity contribution in [1.29, 1.82) is 0 Å². The van der Waals surface area contributed by atoms with Gasteiger partial charge in [0, 0.05) is 49.7 Å². The highest BCUT2D eigenvalue weighted by atomic mass is 16.5. The number of aromatic nitrogens is 3. The lowest BCUT2D eigenvalue weighted by Crippen LogP contribution is -2.61. The van der Waals surface area contributed by atoms with Gasteiger partial charge in [0.15, 0.2) is 0 Å². The summed E-state index contributed by atoms with van der Waals surface area (Å²) < 4.78 is 8.43. The Morgan fingerprint density at radius 2 is 2.00 bits per heavy atom. The van der Waals surface area contributed by atoms with Crippen LogP contribution in [0.3, 0.4) is 0 Å². The van der Waals surface area contributed by atoms with Crippen molar-refractivity contribution in [3.8, 4) is 16.9 Å². The van der Waals surface area contributed by atoms with Crippen molar-refractivity contribution in [2.45, 2.75) is 44.2 Å². The number of piperidine rings is 1. The van der Waals surface area contributed by atoms with Crippen LogP contribution in [-0.2, 0) is 17.4 Å². The van der Waals surface area contributed by atoms with E-state index in [1.54, 1.807) is 0 Å². The Hall–Kier alpha value is -3.65. The number of pyridine rings is 1. The standard InChI is InChI=1S/C29H34N6O2/c1-5-26(36)35-17-22(18-35)34-12-9-19(10-13-34)20-6-7-25-24(14-20)32-28-27(29(2,3)37-25)23(8-11-30-28)21-15-31-33(4)16-21/h5-8,11,14-16,19,22H,1,9-10,12-13,17-18H2,2-4H3,(H,30,32). The molecular formula is C29H34N6O2. The van der Waals surface area contributed by atoms with Gasteiger partial charge in [0.25, 0.3) is 0 Å². The van der Waals surface area contributed by atoms with Crippen LogP contribution in [0.2, 0.25) is 0 Å². The zero-order chi connectivity index (χ0) is 25.7. The van der Waals surface area contributed by atoms with Crippen molar-refractivity contribution in [1.82, 2.24) is 24.6 Å². The molecule has 37 heavy (non-hydrogen) atoms. The SMILES string of the molecule is C=CC(=O)N1CC(N2CCC(c3ccc4c(c3)Nc3nccc(-c5cnn(C)c5)c3C(C)(C)O4)CC2)C1. The minimum absolute atomic E-state index is 0.0395. The van der Waals surface area contributed by atoms with Crippen LogP contribution in [0.15, 0.2) is 55.5 Å². The summed E-state index contributed by atoms with van der Waals surface area (Å²) in [6.45, 7) is 11.5. The molecule has 2 saturated heterocycles. The zero-order valence-electron chi connectivity index (χ0n) is 21.8. The number of likely N-dealkylation sites (tertiary alicyclic amines) is 2. The number of rotatable bonds is 4. The number of hydrogen-bond donors (Lipinski definition) is 1. The number of carbonyl (C=O) groups excluding carboxylic acids is 1. The number of amides is 1. The molecule has 0 unspecified atom stereocenters. The molecule has 0 radical (unpaired) electrons. The van der Waals surface area contributed by atoms with E-state index < -0.39 is 5.60 Å². The van der Waals surface area contributed by atoms with Crippen molar-refractivity contribution in [2.75, 3.05) is 31.5 Å². The van der Waals surface area contributed by atoms with Gasteiger partial charge in [-0.25, -0.2) is 4.98 Å². The van der Waals surface area contributed by atoms with Gasteiger partial charge >= 0.3 is 0 Å². The summed E-state index contributed by atoms with van der Waals surface area (Å²) in [6.07, 6.45) is 9.37. The Kier molecular flexibility index (Phi) is 5.79. The molecule has 3 aliphatic heterocycles. The summed E-state index contributed by atoms with van der Waals surface area (Å²) in [7, 11) is 1.93. The number of nitrogens with zero attached hydrogens (tertiary/aromatic N) is 5. The molecular weight excluding hydrogens is 464 g/mol. The number of ether oxygens (including phenoxy) is 1. The smallest absolute Gasteiger partial charge is 0.246 e. The quantitative estimate of drug-likeness (QED) is 0.537. The number of fused-ring (bicyclic) bond motifs is 2. The molecule has 6 rings (SSSR count). The number of hydrogen-bond acceptors (Lipinski definition) is 6. The van der Waals surface area contributed by atoms with E-state index in [0.29, 0.717) is 12.0 Å². The fraction of sp³-hybridized carbons (Fsp3) is 0.414. The monoisotopic (exact) mass is 498 g/mol. The Labute approximate surface area is 217 Å². The molecule has 2 fully saturated rings. The fourth-order valence-electron chi connectivity index (χ4n) is 6.00. The number of aryl methyl sites for hydroxylation is 1. The molecule has 3 aromatic rings. The van der Waals surface area contributed by atoms with Gasteiger partial charge in [0.2, 0.25) is 5.91 Å². The lowest BCUT2D eigenvalue weighted by Gasteiger charge is -2.47. The molecule has 0 atom stereocenters. The van der Waals surface area contributed by atoms with Crippen LogP contribution in [0.25, 0.3) is 11.1 Å². The molecule has 2 aromatic heterocycles. The average molecular weight is 499 g/mol. The van der Waals surface area contributed by atoms with Gasteiger partial charge in [-0.15, -0.1) is 0 Å². The van der Waals surface area contributed by atoms with Gasteiger partial charge in [-0.1, -0.05) is 12.6 Å². The molecule has 192 valence electrons. The molecule has 1 N–H and O–H groups in total. The molecule has 5 heterocycles. The summed E-state index contributed by atoms with van der Waals surface area (Å²) in [4.78, 5) is 20.9. The first-order valence-electron chi connectivity index (χ1n) is 13.1. The molecule has 1 amide bonds. The highest BCUT2D eigenvalue weighted by Crippen LogP contribution is 2.46. The van der Waals surface area contributed by atoms with Crippen molar-refractivity contribution in [3.63, 3.8) is 0 Å². The van der Waals surface area contributed by atoms with E-state index in [4.69, 9.17) is 9.72 Å². The van der Waals surface area contributed by atoms with Crippen molar-refractivity contribution >= 4 is 17.4 Å². The van der Waals surface area contributed by atoms with Crippen molar-refractivity contribution in [3.05, 3.63) is 66.6 Å². The first kappa shape index (κ1) is 23.7. The average Bonchev–Trinajstić information content (AvgIpc) is 3.25. The van der Waals surface area contributed by atoms with E-state index in [2.05, 4.69) is 53.9 Å². The fourth-order valence-corrected chi connectivity index (χ4v) is 6.00. The topological polar surface area (TPSA) is 75.5 Å². The highest BCUT2D eigenvalue weighted by Gasteiger charge is 2.37. The molecule has 0 aliphatic carbocycles. The predicted octanol–water partition coefficient (Wildman–Crippen LogP) is 4.43. The van der Waals surface area contributed by atoms with Crippen LogP contribution < -0.4 is 10.1 Å². The molecule has 0 bridgehead atoms. The summed E-state index contributed by atoms with van der Waals surface area (Å²) in [5.41, 5.74) is 4.85. The zero-order valence-corrected chi connectivity index (χ0v) is 21.8. The van der Waals surface area contributed by atoms with Crippen LogP contribution in [0.1, 0.15) is 43.7 Å². The molecule has 0 saturated carbocycles. The number of nitrogens with one attached hydrogen (secondary N) is 1. The molecule has 8 heteroatoms. The van der Waals surface area contributed by atoms with Gasteiger partial charge in [-0.05, 0) is 81.1 Å². The summed E-state index contributed by atoms with van der Waals surface area (Å²) >= 11 is 0. The van der Waals surface area contributed by atoms with Crippen LogP contribution in [0, 0.1) is 0 Å². The van der Waals surface area contributed by atoms with Crippen molar-refractivity contribution < 1.29 is 9.53 Å². The third kappa shape index (κ3) is 4.29. The largest absolute Gasteiger partial charge is 0.481 e. The van der Waals surface area contributed by atoms with Crippen LogP contribution in [0.4, 0.5) is 11.5 Å². The Bertz CT molecular complexity index is 1350. The van der Waals surface area contributed by atoms with E-state index in [9.17, 15) is 4.79 Å². The lowest BCUT2D eigenvalue weighted by molar-refractivity contribution is -0.133. The highest BCUT2D eigenvalue weighted by molar-refractivity contribution is 5.87. The number of carbonyl (C=O) groups is 1. The van der Waals surface area contributed by atoms with Gasteiger partial charge in [-0.3, -0.25) is 14.4 Å². The summed E-state index contributed by atoms with van der Waals surface area (Å²) in [5, 5.41) is 7.97. The third-order valence-electron chi connectivity index (χ3n) is 8.06. The van der Waals surface area contributed by atoms with Gasteiger partial charge in [-0.2, -0.15) is 5.10 Å². The Morgan fingerprint density at radius 3 is 2.70 bits per heavy atom. The lowest BCUT2D eigenvalue weighted by atomic mass is 9.88. The van der Waals surface area contributed by atoms with Gasteiger partial charge < -0.3 is 15.0 Å². The second-order valence-corrected chi connectivity index (χ2v) is 10.9. The Morgan fingerprint density at radius 1 is 1.22 bits per heavy atom. The first-order valence-corrected chi connectivity index (χ1v) is 13.1. The molecule has 0 spiro atoms. The van der Waals surface area contributed by atoms with Gasteiger partial charge in [0.05, 0.1) is 11.9 Å². The van der Waals surface area contributed by atoms with Crippen LogP contribution in [-0.4, -0.2) is 62.7 Å². The molecule has 1 aromatic carbocycles. The first-order chi connectivity index (χ1) is 17.8. The normalized spacial score (nSPS) is 19.6. The maximum absolute atomic E-state index is 11.8. The minimum Gasteiger partial charge on any atom is -0.481 e. The maximum Gasteiger partial charge on any atom is 0.246 e. The van der Waals surface area contributed by atoms with Gasteiger partial charge in [0.1, 0.15) is 17.2 Å². The van der Waals surface area contributed by atoms with Crippen LogP contribution in [0.5, 0.6) is 5.75 Å². The summed E-state index contributed by atoms with van der Waals surface area (Å²) in [5.74, 6) is 2.20. The maximum atomic E-state index is 11.8. The van der Waals surface area contributed by atoms with E-state index >= 15 is 0 Å². The number of benzene rings is 1. The third-order valence-corrected chi connectivity index (χ3v) is 8.06. The van der Waals surface area contributed by atoms with E-state index in [-0.39, 0.29) is 5.91 Å². The summed E-state index contributed by atoms with van der Waals surface area (Å²) in [6, 6.07) is 9.08. The van der Waals surface area contributed by atoms with Crippen molar-refractivity contribution in [2.24, 2.45) is 7.05 Å². The Balaban J connectivity index is 1.21.